The number of carbonyl (C=O) groups excluding carboxylic acids is 1. The summed E-state index contributed by atoms with van der Waals surface area (Å²) in [5.41, 5.74) is 12.3. The molecule has 0 aliphatic heterocycles. The van der Waals surface area contributed by atoms with Crippen molar-refractivity contribution in [1.29, 1.82) is 0 Å². The fourth-order valence-corrected chi connectivity index (χ4v) is 1.61. The molecule has 1 aromatic heterocycles. The average molecular weight is 257 g/mol. The molecule has 0 aliphatic rings. The zero-order valence-electron chi connectivity index (χ0n) is 11.0. The summed E-state index contributed by atoms with van der Waals surface area (Å²) in [5.74, 6) is -0.433. The highest BCUT2D eigenvalue weighted by molar-refractivity contribution is 5.88. The van der Waals surface area contributed by atoms with E-state index in [4.69, 9.17) is 11.5 Å². The van der Waals surface area contributed by atoms with Crippen molar-refractivity contribution in [3.05, 3.63) is 49.2 Å². The molecule has 0 bridgehead atoms. The normalized spacial score (nSPS) is 11.2. The summed E-state index contributed by atoms with van der Waals surface area (Å²) in [5, 5.41) is 1.09. The van der Waals surface area contributed by atoms with Gasteiger partial charge in [0.1, 0.15) is 0 Å². The Bertz CT molecular complexity index is 561. The van der Waals surface area contributed by atoms with Gasteiger partial charge in [-0.2, -0.15) is 0 Å². The molecule has 100 valence electrons. The second-order valence-corrected chi connectivity index (χ2v) is 4.08. The third kappa shape index (κ3) is 4.10. The van der Waals surface area contributed by atoms with E-state index < -0.39 is 0 Å². The molecule has 1 aromatic carbocycles. The Balaban J connectivity index is 0.000000203. The maximum atomic E-state index is 10.3. The number of nitrogen functional groups attached to an aromatic ring is 1. The maximum absolute atomic E-state index is 10.3. The highest BCUT2D eigenvalue weighted by Crippen LogP contribution is 2.16. The highest BCUT2D eigenvalue weighted by atomic mass is 16.1. The van der Waals surface area contributed by atoms with Crippen LogP contribution in [0.4, 0.5) is 5.69 Å². The maximum Gasteiger partial charge on any atom is 0.224 e. The number of hydrogen-bond acceptors (Lipinski definition) is 3. The number of rotatable bonds is 3. The Morgan fingerprint density at radius 2 is 2.11 bits per heavy atom. The minimum absolute atomic E-state index is 0.144. The number of para-hydroxylation sites is 1. The molecule has 1 atom stereocenters. The lowest BCUT2D eigenvalue weighted by Crippen LogP contribution is -2.20. The number of amides is 1. The predicted molar refractivity (Wildman–Crippen MR) is 79.3 cm³/mol. The summed E-state index contributed by atoms with van der Waals surface area (Å²) >= 11 is 0. The molecule has 0 fully saturated rings. The largest absolute Gasteiger partial charge is 0.397 e. The van der Waals surface area contributed by atoms with Crippen LogP contribution >= 0.6 is 0 Å². The fourth-order valence-electron chi connectivity index (χ4n) is 1.61. The molecule has 4 N–H and O–H groups in total. The van der Waals surface area contributed by atoms with Crippen LogP contribution in [0.5, 0.6) is 0 Å². The number of fused-ring (bicyclic) bond motifs is 1. The number of nitrogens with zero attached hydrogens (tertiary/aromatic N) is 1. The van der Waals surface area contributed by atoms with Crippen molar-refractivity contribution in [2.75, 3.05) is 5.73 Å². The second kappa shape index (κ2) is 7.16. The molecule has 1 unspecified atom stereocenters. The van der Waals surface area contributed by atoms with Gasteiger partial charge in [-0.1, -0.05) is 31.2 Å². The first-order valence-corrected chi connectivity index (χ1v) is 6.11. The molecule has 0 saturated carbocycles. The first kappa shape index (κ1) is 14.7. The number of pyridine rings is 1. The van der Waals surface area contributed by atoms with Crippen molar-refractivity contribution in [3.8, 4) is 0 Å². The minimum atomic E-state index is -0.289. The first-order valence-electron chi connectivity index (χ1n) is 6.11. The quantitative estimate of drug-likeness (QED) is 0.654. The lowest BCUT2D eigenvalue weighted by molar-refractivity contribution is -0.120. The molecule has 0 radical (unpaired) electrons. The van der Waals surface area contributed by atoms with Crippen LogP contribution in [0, 0.1) is 5.92 Å². The number of aromatic nitrogens is 1. The Morgan fingerprint density at radius 3 is 2.58 bits per heavy atom. The van der Waals surface area contributed by atoms with Gasteiger partial charge in [-0.15, -0.1) is 6.58 Å². The number of benzene rings is 1. The average Bonchev–Trinajstić information content (AvgIpc) is 2.41. The van der Waals surface area contributed by atoms with Crippen LogP contribution in [0.3, 0.4) is 0 Å². The van der Waals surface area contributed by atoms with E-state index in [1.165, 1.54) is 0 Å². The molecule has 1 amide bonds. The second-order valence-electron chi connectivity index (χ2n) is 4.08. The van der Waals surface area contributed by atoms with Crippen molar-refractivity contribution < 1.29 is 4.79 Å². The van der Waals surface area contributed by atoms with E-state index in [0.717, 1.165) is 23.0 Å². The van der Waals surface area contributed by atoms with Crippen LogP contribution in [0.15, 0.2) is 49.2 Å². The van der Waals surface area contributed by atoms with E-state index in [9.17, 15) is 4.79 Å². The standard InChI is InChI=1S/C9H8N2.C6H11NO/c10-8-5-1-3-7-4-2-6-11-9(7)8;1-3-5(4-2)6(7)8/h1-6H,10H2;3,5H,1,4H2,2H3,(H2,7,8). The SMILES string of the molecule is C=CC(CC)C(N)=O.Nc1cccc2cccnc12. The Kier molecular flexibility index (Phi) is 5.54. The fraction of sp³-hybridized carbons (Fsp3) is 0.200. The summed E-state index contributed by atoms with van der Waals surface area (Å²) in [4.78, 5) is 14.5. The molecule has 0 aliphatic carbocycles. The van der Waals surface area contributed by atoms with Crippen molar-refractivity contribution in [2.45, 2.75) is 13.3 Å². The lowest BCUT2D eigenvalue weighted by atomic mass is 10.1. The van der Waals surface area contributed by atoms with Crippen molar-refractivity contribution >= 4 is 22.5 Å². The minimum Gasteiger partial charge on any atom is -0.397 e. The Labute approximate surface area is 113 Å². The van der Waals surface area contributed by atoms with Crippen LogP contribution < -0.4 is 11.5 Å². The van der Waals surface area contributed by atoms with Crippen LogP contribution in [0.2, 0.25) is 0 Å². The van der Waals surface area contributed by atoms with E-state index in [0.29, 0.717) is 0 Å². The van der Waals surface area contributed by atoms with Gasteiger partial charge in [0, 0.05) is 11.6 Å². The molecule has 0 spiro atoms. The number of nitrogens with two attached hydrogens (primary N) is 2. The third-order valence-corrected chi connectivity index (χ3v) is 2.75. The zero-order valence-corrected chi connectivity index (χ0v) is 11.0. The molecular weight excluding hydrogens is 238 g/mol. The summed E-state index contributed by atoms with van der Waals surface area (Å²) < 4.78 is 0. The van der Waals surface area contributed by atoms with E-state index in [-0.39, 0.29) is 11.8 Å². The molecule has 0 saturated heterocycles. The van der Waals surface area contributed by atoms with Crippen LogP contribution in [0.25, 0.3) is 10.9 Å². The summed E-state index contributed by atoms with van der Waals surface area (Å²) in [7, 11) is 0. The van der Waals surface area contributed by atoms with Gasteiger partial charge in [0.2, 0.25) is 5.91 Å². The highest BCUT2D eigenvalue weighted by Gasteiger charge is 2.05. The summed E-state index contributed by atoms with van der Waals surface area (Å²) in [6.07, 6.45) is 4.07. The lowest BCUT2D eigenvalue weighted by Gasteiger charge is -2.00. The predicted octanol–water partition coefficient (Wildman–Crippen LogP) is 2.50. The summed E-state index contributed by atoms with van der Waals surface area (Å²) in [6, 6.07) is 9.69. The van der Waals surface area contributed by atoms with Crippen LogP contribution in [-0.2, 0) is 4.79 Å². The molecule has 1 heterocycles. The topological polar surface area (TPSA) is 82.0 Å². The van der Waals surface area contributed by atoms with Crippen molar-refractivity contribution in [2.24, 2.45) is 11.7 Å². The van der Waals surface area contributed by atoms with Gasteiger partial charge < -0.3 is 11.5 Å². The zero-order chi connectivity index (χ0) is 14.3. The van der Waals surface area contributed by atoms with Crippen molar-refractivity contribution in [1.82, 2.24) is 4.98 Å². The molecular formula is C15H19N3O. The molecule has 4 heteroatoms. The number of primary amides is 1. The number of carbonyl (C=O) groups is 1. The molecule has 2 rings (SSSR count). The monoisotopic (exact) mass is 257 g/mol. The van der Waals surface area contributed by atoms with E-state index in [1.807, 2.05) is 37.3 Å². The first-order chi connectivity index (χ1) is 9.10. The van der Waals surface area contributed by atoms with Gasteiger partial charge in [0.25, 0.3) is 0 Å². The van der Waals surface area contributed by atoms with Gasteiger partial charge in [-0.05, 0) is 18.6 Å². The van der Waals surface area contributed by atoms with E-state index in [2.05, 4.69) is 11.6 Å². The third-order valence-electron chi connectivity index (χ3n) is 2.75. The Hall–Kier alpha value is -2.36. The number of hydrogen-bond donors (Lipinski definition) is 2. The smallest absolute Gasteiger partial charge is 0.224 e. The number of anilines is 1. The van der Waals surface area contributed by atoms with Gasteiger partial charge in [-0.3, -0.25) is 9.78 Å². The van der Waals surface area contributed by atoms with Crippen molar-refractivity contribution in [3.63, 3.8) is 0 Å². The Morgan fingerprint density at radius 1 is 1.42 bits per heavy atom. The van der Waals surface area contributed by atoms with Gasteiger partial charge in [-0.25, -0.2) is 0 Å². The molecule has 2 aromatic rings. The van der Waals surface area contributed by atoms with E-state index in [1.54, 1.807) is 12.3 Å². The summed E-state index contributed by atoms with van der Waals surface area (Å²) in [6.45, 7) is 5.35. The molecule has 19 heavy (non-hydrogen) atoms. The van der Waals surface area contributed by atoms with E-state index >= 15 is 0 Å². The van der Waals surface area contributed by atoms with Gasteiger partial charge >= 0.3 is 0 Å². The molecule has 4 nitrogen and oxygen atoms in total. The van der Waals surface area contributed by atoms with Gasteiger partial charge in [0.15, 0.2) is 0 Å². The van der Waals surface area contributed by atoms with Crippen LogP contribution in [0.1, 0.15) is 13.3 Å². The van der Waals surface area contributed by atoms with Crippen LogP contribution in [-0.4, -0.2) is 10.9 Å². The van der Waals surface area contributed by atoms with Gasteiger partial charge in [0.05, 0.1) is 17.1 Å².